The Labute approximate surface area is 135 Å². The van der Waals surface area contributed by atoms with Gasteiger partial charge >= 0.3 is 0 Å². The van der Waals surface area contributed by atoms with E-state index in [1.807, 2.05) is 25.1 Å². The number of hydrogen-bond acceptors (Lipinski definition) is 5. The van der Waals surface area contributed by atoms with Gasteiger partial charge in [0.25, 0.3) is 0 Å². The average Bonchev–Trinajstić information content (AvgIpc) is 2.61. The molecular weight excluding hydrogens is 296 g/mol. The van der Waals surface area contributed by atoms with Crippen LogP contribution in [0.3, 0.4) is 0 Å². The van der Waals surface area contributed by atoms with E-state index in [2.05, 4.69) is 0 Å². The van der Waals surface area contributed by atoms with Gasteiger partial charge in [-0.15, -0.1) is 0 Å². The highest BCUT2D eigenvalue weighted by Gasteiger charge is 2.26. The molecule has 0 N–H and O–H groups in total. The van der Waals surface area contributed by atoms with Crippen LogP contribution < -0.4 is 18.9 Å². The maximum Gasteiger partial charge on any atom is 0.208 e. The molecule has 5 heteroatoms. The lowest BCUT2D eigenvalue weighted by Gasteiger charge is -2.19. The Morgan fingerprint density at radius 2 is 1.57 bits per heavy atom. The van der Waals surface area contributed by atoms with E-state index in [1.165, 1.54) is 21.3 Å². The van der Waals surface area contributed by atoms with E-state index in [0.717, 1.165) is 0 Å². The summed E-state index contributed by atoms with van der Waals surface area (Å²) in [5.74, 6) is 1.32. The van der Waals surface area contributed by atoms with Crippen LogP contribution in [-0.2, 0) is 0 Å². The van der Waals surface area contributed by atoms with Crippen LogP contribution >= 0.6 is 0 Å². The second-order valence-corrected chi connectivity index (χ2v) is 4.65. The third-order valence-corrected chi connectivity index (χ3v) is 3.35. The molecule has 0 aliphatic rings. The Morgan fingerprint density at radius 1 is 0.913 bits per heavy atom. The minimum Gasteiger partial charge on any atom is -0.493 e. The lowest BCUT2D eigenvalue weighted by molar-refractivity contribution is 0.103. The smallest absolute Gasteiger partial charge is 0.208 e. The molecule has 0 fully saturated rings. The van der Waals surface area contributed by atoms with E-state index < -0.39 is 0 Å². The van der Waals surface area contributed by atoms with Crippen molar-refractivity contribution in [1.82, 2.24) is 0 Å². The number of rotatable bonds is 7. The van der Waals surface area contributed by atoms with Crippen molar-refractivity contribution in [1.29, 1.82) is 0 Å². The zero-order chi connectivity index (χ0) is 16.8. The molecule has 0 aromatic heterocycles. The summed E-state index contributed by atoms with van der Waals surface area (Å²) in [6.45, 7) is 2.29. The molecule has 0 atom stereocenters. The van der Waals surface area contributed by atoms with Crippen molar-refractivity contribution in [3.05, 3.63) is 47.5 Å². The molecule has 0 bridgehead atoms. The normalized spacial score (nSPS) is 10.1. The maximum absolute atomic E-state index is 12.8. The minimum atomic E-state index is -0.179. The number of benzene rings is 2. The molecule has 23 heavy (non-hydrogen) atoms. The number of hydrogen-bond donors (Lipinski definition) is 0. The van der Waals surface area contributed by atoms with Crippen molar-refractivity contribution in [3.8, 4) is 23.0 Å². The molecule has 0 unspecified atom stereocenters. The van der Waals surface area contributed by atoms with Crippen LogP contribution in [0.1, 0.15) is 22.8 Å². The first-order chi connectivity index (χ1) is 11.2. The fourth-order valence-corrected chi connectivity index (χ4v) is 2.33. The Morgan fingerprint density at radius 3 is 2.09 bits per heavy atom. The summed E-state index contributed by atoms with van der Waals surface area (Å²) in [7, 11) is 4.50. The van der Waals surface area contributed by atoms with Crippen LogP contribution in [0.2, 0.25) is 0 Å². The fourth-order valence-electron chi connectivity index (χ4n) is 2.33. The fraction of sp³-hybridized carbons (Fsp3) is 0.278. The molecule has 0 saturated carbocycles. The number of carbonyl (C=O) groups excluding carboxylic acids is 1. The highest BCUT2D eigenvalue weighted by atomic mass is 16.5. The maximum atomic E-state index is 12.8. The summed E-state index contributed by atoms with van der Waals surface area (Å²) in [6, 6.07) is 10.6. The van der Waals surface area contributed by atoms with Gasteiger partial charge in [-0.3, -0.25) is 4.79 Å². The van der Waals surface area contributed by atoms with Gasteiger partial charge in [0.1, 0.15) is 0 Å². The van der Waals surface area contributed by atoms with Gasteiger partial charge in [0.15, 0.2) is 17.3 Å². The van der Waals surface area contributed by atoms with E-state index in [4.69, 9.17) is 18.9 Å². The predicted molar refractivity (Wildman–Crippen MR) is 87.1 cm³/mol. The van der Waals surface area contributed by atoms with Gasteiger partial charge in [-0.2, -0.15) is 0 Å². The minimum absolute atomic E-state index is 0.179. The molecule has 0 aliphatic heterocycles. The molecule has 2 aromatic rings. The third kappa shape index (κ3) is 3.23. The molecule has 0 heterocycles. The molecule has 0 radical (unpaired) electrons. The first-order valence-corrected chi connectivity index (χ1v) is 7.23. The van der Waals surface area contributed by atoms with Crippen molar-refractivity contribution in [3.63, 3.8) is 0 Å². The van der Waals surface area contributed by atoms with Crippen LogP contribution in [0, 0.1) is 0 Å². The quantitative estimate of drug-likeness (QED) is 0.733. The molecule has 2 aromatic carbocycles. The Balaban J connectivity index is 2.66. The predicted octanol–water partition coefficient (Wildman–Crippen LogP) is 3.34. The zero-order valence-electron chi connectivity index (χ0n) is 13.7. The van der Waals surface area contributed by atoms with Gasteiger partial charge in [-0.25, -0.2) is 0 Å². The highest BCUT2D eigenvalue weighted by Crippen LogP contribution is 2.47. The van der Waals surface area contributed by atoms with E-state index in [1.54, 1.807) is 18.2 Å². The van der Waals surface area contributed by atoms with E-state index in [9.17, 15) is 4.79 Å². The van der Waals surface area contributed by atoms with E-state index in [0.29, 0.717) is 40.7 Å². The molecule has 0 saturated heterocycles. The van der Waals surface area contributed by atoms with Crippen molar-refractivity contribution in [2.45, 2.75) is 6.92 Å². The van der Waals surface area contributed by atoms with Crippen LogP contribution in [-0.4, -0.2) is 33.7 Å². The summed E-state index contributed by atoms with van der Waals surface area (Å²) < 4.78 is 21.8. The zero-order valence-corrected chi connectivity index (χ0v) is 13.7. The number of ether oxygens (including phenoxy) is 4. The molecule has 122 valence electrons. The van der Waals surface area contributed by atoms with Gasteiger partial charge < -0.3 is 18.9 Å². The van der Waals surface area contributed by atoms with Crippen molar-refractivity contribution < 1.29 is 23.7 Å². The SMILES string of the molecule is CCOc1c(OC)cc(C(=O)c2ccccc2)c(OC)c1OC. The number of carbonyl (C=O) groups is 1. The van der Waals surface area contributed by atoms with Crippen LogP contribution in [0.5, 0.6) is 23.0 Å². The third-order valence-electron chi connectivity index (χ3n) is 3.35. The lowest BCUT2D eigenvalue weighted by Crippen LogP contribution is -2.08. The molecule has 2 rings (SSSR count). The van der Waals surface area contributed by atoms with Gasteiger partial charge in [-0.1, -0.05) is 30.3 Å². The van der Waals surface area contributed by atoms with Gasteiger partial charge in [0, 0.05) is 5.56 Å². The molecule has 0 amide bonds. The summed E-state index contributed by atoms with van der Waals surface area (Å²) in [4.78, 5) is 12.8. The Hall–Kier alpha value is -2.69. The first kappa shape index (κ1) is 16.7. The molecular formula is C18H20O5. The summed E-state index contributed by atoms with van der Waals surface area (Å²) in [6.07, 6.45) is 0. The number of ketones is 1. The highest BCUT2D eigenvalue weighted by molar-refractivity contribution is 6.11. The topological polar surface area (TPSA) is 54.0 Å². The van der Waals surface area contributed by atoms with Crippen LogP contribution in [0.15, 0.2) is 36.4 Å². The van der Waals surface area contributed by atoms with Crippen molar-refractivity contribution >= 4 is 5.78 Å². The Bertz CT molecular complexity index is 680. The first-order valence-electron chi connectivity index (χ1n) is 7.23. The molecule has 5 nitrogen and oxygen atoms in total. The second-order valence-electron chi connectivity index (χ2n) is 4.65. The van der Waals surface area contributed by atoms with Gasteiger partial charge in [0.2, 0.25) is 11.5 Å². The van der Waals surface area contributed by atoms with Crippen molar-refractivity contribution in [2.75, 3.05) is 27.9 Å². The molecule has 0 spiro atoms. The Kier molecular flexibility index (Phi) is 5.46. The van der Waals surface area contributed by atoms with E-state index in [-0.39, 0.29) is 5.78 Å². The van der Waals surface area contributed by atoms with Crippen molar-refractivity contribution in [2.24, 2.45) is 0 Å². The summed E-state index contributed by atoms with van der Waals surface area (Å²) >= 11 is 0. The molecule has 0 aliphatic carbocycles. The monoisotopic (exact) mass is 316 g/mol. The van der Waals surface area contributed by atoms with Gasteiger partial charge in [0.05, 0.1) is 33.5 Å². The summed E-state index contributed by atoms with van der Waals surface area (Å²) in [5.41, 5.74) is 0.912. The number of methoxy groups -OCH3 is 3. The summed E-state index contributed by atoms with van der Waals surface area (Å²) in [5, 5.41) is 0. The second kappa shape index (κ2) is 7.54. The van der Waals surface area contributed by atoms with Gasteiger partial charge in [-0.05, 0) is 13.0 Å². The largest absolute Gasteiger partial charge is 0.493 e. The lowest BCUT2D eigenvalue weighted by atomic mass is 10.0. The van der Waals surface area contributed by atoms with Crippen LogP contribution in [0.25, 0.3) is 0 Å². The standard InChI is InChI=1S/C18H20O5/c1-5-23-17-14(20-2)11-13(16(21-3)18(17)22-4)15(19)12-9-7-6-8-10-12/h6-11H,5H2,1-4H3. The van der Waals surface area contributed by atoms with E-state index >= 15 is 0 Å². The average molecular weight is 316 g/mol. The van der Waals surface area contributed by atoms with Crippen LogP contribution in [0.4, 0.5) is 0 Å².